The van der Waals surface area contributed by atoms with E-state index in [1.54, 1.807) is 10.8 Å². The molecule has 0 amide bonds. The molecule has 0 radical (unpaired) electrons. The summed E-state index contributed by atoms with van der Waals surface area (Å²) < 4.78 is 1.65. The van der Waals surface area contributed by atoms with Crippen LogP contribution in [0.4, 0.5) is 0 Å². The Hall–Kier alpha value is -4.05. The number of aromatic nitrogens is 3. The fraction of sp³-hybridized carbons (Fsp3) is 0. The van der Waals surface area contributed by atoms with E-state index in [0.29, 0.717) is 16.7 Å². The average molecular weight is 375 g/mol. The monoisotopic (exact) mass is 375 g/mol. The maximum Gasteiger partial charge on any atom is 0.266 e. The van der Waals surface area contributed by atoms with Crippen molar-refractivity contribution in [1.82, 2.24) is 14.5 Å². The number of fused-ring (bicyclic) bond motifs is 2. The highest BCUT2D eigenvalue weighted by atomic mass is 16.1. The first-order chi connectivity index (χ1) is 14.3. The molecule has 0 aliphatic rings. The van der Waals surface area contributed by atoms with E-state index in [2.05, 4.69) is 11.1 Å². The molecule has 0 fully saturated rings. The molecule has 0 aliphatic heterocycles. The van der Waals surface area contributed by atoms with Crippen LogP contribution in [0.2, 0.25) is 0 Å². The zero-order valence-electron chi connectivity index (χ0n) is 15.6. The Morgan fingerprint density at radius 1 is 0.759 bits per heavy atom. The van der Waals surface area contributed by atoms with Gasteiger partial charge in [-0.2, -0.15) is 0 Å². The van der Waals surface area contributed by atoms with Crippen LogP contribution in [-0.4, -0.2) is 14.5 Å². The van der Waals surface area contributed by atoms with E-state index >= 15 is 0 Å². The molecular weight excluding hydrogens is 358 g/mol. The van der Waals surface area contributed by atoms with Gasteiger partial charge in [0.1, 0.15) is 5.82 Å². The van der Waals surface area contributed by atoms with Crippen molar-refractivity contribution in [3.8, 4) is 5.69 Å². The summed E-state index contributed by atoms with van der Waals surface area (Å²) in [7, 11) is 0. The summed E-state index contributed by atoms with van der Waals surface area (Å²) in [4.78, 5) is 22.3. The minimum atomic E-state index is -0.0795. The van der Waals surface area contributed by atoms with E-state index in [0.717, 1.165) is 22.2 Å². The lowest BCUT2D eigenvalue weighted by Gasteiger charge is -2.11. The van der Waals surface area contributed by atoms with Crippen molar-refractivity contribution >= 4 is 34.0 Å². The first kappa shape index (κ1) is 17.1. The van der Waals surface area contributed by atoms with Crippen LogP contribution >= 0.6 is 0 Å². The van der Waals surface area contributed by atoms with E-state index in [-0.39, 0.29) is 5.56 Å². The Kier molecular flexibility index (Phi) is 4.22. The van der Waals surface area contributed by atoms with Crippen molar-refractivity contribution in [1.29, 1.82) is 0 Å². The molecule has 2 heterocycles. The van der Waals surface area contributed by atoms with Crippen LogP contribution in [0, 0.1) is 0 Å². The van der Waals surface area contributed by atoms with E-state index in [4.69, 9.17) is 4.98 Å². The largest absolute Gasteiger partial charge is 0.268 e. The molecule has 0 saturated heterocycles. The second-order valence-electron chi connectivity index (χ2n) is 6.75. The van der Waals surface area contributed by atoms with E-state index < -0.39 is 0 Å². The van der Waals surface area contributed by atoms with Crippen LogP contribution in [0.3, 0.4) is 0 Å². The van der Waals surface area contributed by atoms with Gasteiger partial charge in [0.25, 0.3) is 5.56 Å². The molecule has 0 saturated carbocycles. The summed E-state index contributed by atoms with van der Waals surface area (Å²) in [6.45, 7) is 0. The number of pyridine rings is 1. The third-order valence-electron chi connectivity index (χ3n) is 4.87. The first-order valence-electron chi connectivity index (χ1n) is 9.40. The summed E-state index contributed by atoms with van der Waals surface area (Å²) in [6, 6.07) is 27.1. The lowest BCUT2D eigenvalue weighted by molar-refractivity contribution is 0.944. The van der Waals surface area contributed by atoms with Crippen molar-refractivity contribution in [3.05, 3.63) is 113 Å². The van der Waals surface area contributed by atoms with E-state index in [9.17, 15) is 4.79 Å². The molecule has 4 nitrogen and oxygen atoms in total. The highest BCUT2D eigenvalue weighted by molar-refractivity contribution is 5.83. The fourth-order valence-corrected chi connectivity index (χ4v) is 3.46. The van der Waals surface area contributed by atoms with Crippen LogP contribution < -0.4 is 5.56 Å². The molecule has 0 N–H and O–H groups in total. The van der Waals surface area contributed by atoms with Crippen molar-refractivity contribution in [3.63, 3.8) is 0 Å². The molecule has 0 bridgehead atoms. The molecule has 0 aliphatic carbocycles. The zero-order valence-corrected chi connectivity index (χ0v) is 15.6. The number of rotatable bonds is 3. The van der Waals surface area contributed by atoms with Crippen LogP contribution in [0.1, 0.15) is 11.4 Å². The van der Waals surface area contributed by atoms with Gasteiger partial charge < -0.3 is 0 Å². The molecule has 5 aromatic rings. The summed E-state index contributed by atoms with van der Waals surface area (Å²) in [5.41, 5.74) is 3.37. The van der Waals surface area contributed by atoms with Gasteiger partial charge in [-0.1, -0.05) is 48.5 Å². The first-order valence-corrected chi connectivity index (χ1v) is 9.40. The van der Waals surface area contributed by atoms with Crippen molar-refractivity contribution in [2.45, 2.75) is 0 Å². The van der Waals surface area contributed by atoms with Crippen LogP contribution in [-0.2, 0) is 0 Å². The standard InChI is InChI=1S/C25H17N3O/c29-25-21-10-4-5-11-23(21)27-24(28(25)20-8-2-1-3-9-20)15-13-18-12-14-22-19(17-18)7-6-16-26-22/h1-17H/b15-13+. The van der Waals surface area contributed by atoms with Crippen molar-refractivity contribution in [2.75, 3.05) is 0 Å². The molecule has 4 heteroatoms. The predicted molar refractivity (Wildman–Crippen MR) is 118 cm³/mol. The summed E-state index contributed by atoms with van der Waals surface area (Å²) in [5, 5.41) is 1.67. The molecule has 3 aromatic carbocycles. The second-order valence-corrected chi connectivity index (χ2v) is 6.75. The van der Waals surface area contributed by atoms with E-state index in [1.807, 2.05) is 91.0 Å². The smallest absolute Gasteiger partial charge is 0.266 e. The van der Waals surface area contributed by atoms with Gasteiger partial charge in [-0.3, -0.25) is 14.3 Å². The number of hydrogen-bond donors (Lipinski definition) is 0. The summed E-state index contributed by atoms with van der Waals surface area (Å²) in [6.07, 6.45) is 5.65. The minimum Gasteiger partial charge on any atom is -0.268 e. The van der Waals surface area contributed by atoms with Gasteiger partial charge in [-0.15, -0.1) is 0 Å². The number of para-hydroxylation sites is 2. The van der Waals surface area contributed by atoms with Gasteiger partial charge in [-0.05, 0) is 54.1 Å². The molecule has 0 spiro atoms. The van der Waals surface area contributed by atoms with Crippen LogP contribution in [0.15, 0.2) is 95.9 Å². The molecule has 0 unspecified atom stereocenters. The molecule has 138 valence electrons. The molecular formula is C25H17N3O. The van der Waals surface area contributed by atoms with Gasteiger partial charge in [0, 0.05) is 11.6 Å². The van der Waals surface area contributed by atoms with Crippen LogP contribution in [0.25, 0.3) is 39.6 Å². The average Bonchev–Trinajstić information content (AvgIpc) is 2.78. The second kappa shape index (κ2) is 7.17. The third kappa shape index (κ3) is 3.21. The summed E-state index contributed by atoms with van der Waals surface area (Å²) in [5.74, 6) is 0.589. The van der Waals surface area contributed by atoms with Gasteiger partial charge in [0.2, 0.25) is 0 Å². The normalized spacial score (nSPS) is 11.4. The summed E-state index contributed by atoms with van der Waals surface area (Å²) >= 11 is 0. The number of benzene rings is 3. The molecule has 0 atom stereocenters. The Balaban J connectivity index is 1.68. The lowest BCUT2D eigenvalue weighted by atomic mass is 10.1. The highest BCUT2D eigenvalue weighted by Crippen LogP contribution is 2.17. The topological polar surface area (TPSA) is 47.8 Å². The Bertz CT molecular complexity index is 1420. The molecule has 29 heavy (non-hydrogen) atoms. The number of hydrogen-bond acceptors (Lipinski definition) is 3. The Labute approximate surface area is 167 Å². The highest BCUT2D eigenvalue weighted by Gasteiger charge is 2.10. The van der Waals surface area contributed by atoms with Gasteiger partial charge in [-0.25, -0.2) is 4.98 Å². The Morgan fingerprint density at radius 2 is 1.59 bits per heavy atom. The SMILES string of the molecule is O=c1c2ccccc2nc(/C=C/c2ccc3ncccc3c2)n1-c1ccccc1. The maximum absolute atomic E-state index is 13.2. The van der Waals surface area contributed by atoms with Gasteiger partial charge in [0.05, 0.1) is 22.1 Å². The Morgan fingerprint density at radius 3 is 2.48 bits per heavy atom. The molecule has 2 aromatic heterocycles. The third-order valence-corrected chi connectivity index (χ3v) is 4.87. The van der Waals surface area contributed by atoms with E-state index in [1.165, 1.54) is 0 Å². The zero-order chi connectivity index (χ0) is 19.6. The van der Waals surface area contributed by atoms with Gasteiger partial charge >= 0.3 is 0 Å². The molecule has 5 rings (SSSR count). The van der Waals surface area contributed by atoms with Crippen molar-refractivity contribution < 1.29 is 0 Å². The quantitative estimate of drug-likeness (QED) is 0.441. The number of nitrogens with zero attached hydrogens (tertiary/aromatic N) is 3. The van der Waals surface area contributed by atoms with Crippen molar-refractivity contribution in [2.24, 2.45) is 0 Å². The lowest BCUT2D eigenvalue weighted by Crippen LogP contribution is -2.22. The van der Waals surface area contributed by atoms with Crippen LogP contribution in [0.5, 0.6) is 0 Å². The van der Waals surface area contributed by atoms with Gasteiger partial charge in [0.15, 0.2) is 0 Å². The fourth-order valence-electron chi connectivity index (χ4n) is 3.46. The predicted octanol–water partition coefficient (Wildman–Crippen LogP) is 5.10. The minimum absolute atomic E-state index is 0.0795. The maximum atomic E-state index is 13.2.